The smallest absolute Gasteiger partial charge is 0.347 e. The number of fused-ring (bicyclic) bond motifs is 1. The van der Waals surface area contributed by atoms with Gasteiger partial charge >= 0.3 is 5.97 Å². The normalized spacial score (nSPS) is 20.0. The number of benzene rings is 3. The van der Waals surface area contributed by atoms with Crippen LogP contribution in [0.3, 0.4) is 0 Å². The van der Waals surface area contributed by atoms with Crippen molar-refractivity contribution in [3.63, 3.8) is 0 Å². The molecule has 0 heterocycles. The monoisotopic (exact) mass is 416 g/mol. The van der Waals surface area contributed by atoms with Gasteiger partial charge in [-0.15, -0.1) is 0 Å². The summed E-state index contributed by atoms with van der Waals surface area (Å²) in [5, 5.41) is 12.0. The molecule has 2 unspecified atom stereocenters. The third-order valence-corrected chi connectivity index (χ3v) is 6.82. The van der Waals surface area contributed by atoms with Crippen LogP contribution in [0.25, 0.3) is 10.8 Å². The van der Waals surface area contributed by atoms with Gasteiger partial charge in [0.2, 0.25) is 0 Å². The zero-order valence-electron chi connectivity index (χ0n) is 18.7. The molecule has 3 atom stereocenters. The highest BCUT2D eigenvalue weighted by atomic mass is 16.5. The molecule has 0 aromatic heterocycles. The van der Waals surface area contributed by atoms with Gasteiger partial charge in [0.25, 0.3) is 0 Å². The van der Waals surface area contributed by atoms with Crippen molar-refractivity contribution in [2.45, 2.75) is 63.9 Å². The summed E-state index contributed by atoms with van der Waals surface area (Å²) in [5.41, 5.74) is 1.57. The van der Waals surface area contributed by atoms with Gasteiger partial charge in [0.15, 0.2) is 5.60 Å². The summed E-state index contributed by atoms with van der Waals surface area (Å²) >= 11 is 0. The molecule has 162 valence electrons. The average molecular weight is 417 g/mol. The van der Waals surface area contributed by atoms with Crippen molar-refractivity contribution in [3.8, 4) is 5.75 Å². The van der Waals surface area contributed by atoms with E-state index in [9.17, 15) is 9.90 Å². The molecule has 0 amide bonds. The van der Waals surface area contributed by atoms with Crippen molar-refractivity contribution in [1.29, 1.82) is 0 Å². The highest BCUT2D eigenvalue weighted by Gasteiger charge is 2.30. The lowest BCUT2D eigenvalue weighted by atomic mass is 9.86. The summed E-state index contributed by atoms with van der Waals surface area (Å²) in [6.45, 7) is 5.51. The van der Waals surface area contributed by atoms with Crippen LogP contribution in [0.15, 0.2) is 66.7 Å². The number of carboxylic acids is 1. The summed E-state index contributed by atoms with van der Waals surface area (Å²) in [4.78, 5) is 11.3. The molecule has 3 nitrogen and oxygen atoms in total. The molecule has 0 bridgehead atoms. The van der Waals surface area contributed by atoms with E-state index in [1.807, 2.05) is 12.1 Å². The van der Waals surface area contributed by atoms with Crippen molar-refractivity contribution in [2.75, 3.05) is 0 Å². The molecule has 1 N–H and O–H groups in total. The van der Waals surface area contributed by atoms with Gasteiger partial charge in [-0.1, -0.05) is 61.5 Å². The Bertz CT molecular complexity index is 1050. The van der Waals surface area contributed by atoms with E-state index >= 15 is 0 Å². The minimum Gasteiger partial charge on any atom is -0.478 e. The number of carboxylic acid groups (broad SMARTS) is 1. The molecule has 3 heteroatoms. The van der Waals surface area contributed by atoms with Crippen molar-refractivity contribution < 1.29 is 14.6 Å². The van der Waals surface area contributed by atoms with Crippen LogP contribution in [0.2, 0.25) is 0 Å². The van der Waals surface area contributed by atoms with Crippen molar-refractivity contribution >= 4 is 16.7 Å². The zero-order chi connectivity index (χ0) is 22.0. The van der Waals surface area contributed by atoms with E-state index < -0.39 is 11.6 Å². The fourth-order valence-corrected chi connectivity index (χ4v) is 5.05. The molecule has 1 aliphatic rings. The van der Waals surface area contributed by atoms with Crippen molar-refractivity contribution in [3.05, 3.63) is 77.9 Å². The van der Waals surface area contributed by atoms with Crippen LogP contribution in [0.4, 0.5) is 0 Å². The summed E-state index contributed by atoms with van der Waals surface area (Å²) < 4.78 is 5.64. The summed E-state index contributed by atoms with van der Waals surface area (Å²) in [5.74, 6) is 1.50. The first-order chi connectivity index (χ1) is 14.8. The SMILES string of the molecule is C[C@@H](CC1CCC(c2ccc(OC(C)(C)C(=O)O)cc2)C1)c1cccc2ccccc12. The second kappa shape index (κ2) is 8.74. The second-order valence-corrected chi connectivity index (χ2v) is 9.57. The van der Waals surface area contributed by atoms with E-state index in [1.165, 1.54) is 47.6 Å². The van der Waals surface area contributed by atoms with Gasteiger partial charge < -0.3 is 9.84 Å². The topological polar surface area (TPSA) is 46.5 Å². The van der Waals surface area contributed by atoms with E-state index in [-0.39, 0.29) is 0 Å². The number of carbonyl (C=O) groups is 1. The van der Waals surface area contributed by atoms with Crippen LogP contribution in [0, 0.1) is 5.92 Å². The predicted molar refractivity (Wildman–Crippen MR) is 126 cm³/mol. The van der Waals surface area contributed by atoms with Crippen LogP contribution in [-0.2, 0) is 4.79 Å². The van der Waals surface area contributed by atoms with Crippen LogP contribution in [-0.4, -0.2) is 16.7 Å². The Balaban J connectivity index is 1.38. The Morgan fingerprint density at radius 1 is 1.03 bits per heavy atom. The Morgan fingerprint density at radius 2 is 1.74 bits per heavy atom. The van der Waals surface area contributed by atoms with Crippen molar-refractivity contribution in [1.82, 2.24) is 0 Å². The lowest BCUT2D eigenvalue weighted by molar-refractivity contribution is -0.152. The van der Waals surface area contributed by atoms with Gasteiger partial charge in [-0.05, 0) is 91.3 Å². The molecule has 0 radical (unpaired) electrons. The van der Waals surface area contributed by atoms with E-state index in [2.05, 4.69) is 61.5 Å². The number of hydrogen-bond donors (Lipinski definition) is 1. The predicted octanol–water partition coefficient (Wildman–Crippen LogP) is 7.16. The molecule has 3 aromatic carbocycles. The zero-order valence-corrected chi connectivity index (χ0v) is 18.7. The summed E-state index contributed by atoms with van der Waals surface area (Å²) in [6, 6.07) is 23.4. The highest BCUT2D eigenvalue weighted by molar-refractivity contribution is 5.86. The van der Waals surface area contributed by atoms with E-state index in [4.69, 9.17) is 4.74 Å². The Labute approximate surface area is 185 Å². The van der Waals surface area contributed by atoms with E-state index in [0.717, 1.165) is 5.92 Å². The first-order valence-corrected chi connectivity index (χ1v) is 11.3. The second-order valence-electron chi connectivity index (χ2n) is 9.57. The standard InChI is InChI=1S/C28H32O3/c1-19(25-10-6-8-22-7-4-5-9-26(22)25)17-20-11-12-23(18-20)21-13-15-24(16-14-21)31-28(2,3)27(29)30/h4-10,13-16,19-20,23H,11-12,17-18H2,1-3H3,(H,29,30)/t19-,20?,23?/m0/s1. The first kappa shape index (κ1) is 21.4. The molecule has 1 saturated carbocycles. The Kier molecular flexibility index (Phi) is 6.04. The molecule has 3 aromatic rings. The fourth-order valence-electron chi connectivity index (χ4n) is 5.05. The molecule has 0 spiro atoms. The fraction of sp³-hybridized carbons (Fsp3) is 0.393. The maximum absolute atomic E-state index is 11.3. The molecule has 31 heavy (non-hydrogen) atoms. The average Bonchev–Trinajstić information content (AvgIpc) is 3.22. The third-order valence-electron chi connectivity index (χ3n) is 6.82. The van der Waals surface area contributed by atoms with Crippen LogP contribution in [0.1, 0.15) is 69.4 Å². The molecule has 1 fully saturated rings. The maximum Gasteiger partial charge on any atom is 0.347 e. The molecule has 0 saturated heterocycles. The van der Waals surface area contributed by atoms with Crippen LogP contribution >= 0.6 is 0 Å². The quantitative estimate of drug-likeness (QED) is 0.444. The number of ether oxygens (including phenoxy) is 1. The summed E-state index contributed by atoms with van der Waals surface area (Å²) in [7, 11) is 0. The molecular formula is C28H32O3. The third kappa shape index (κ3) is 4.76. The number of hydrogen-bond acceptors (Lipinski definition) is 2. The Hall–Kier alpha value is -2.81. The lowest BCUT2D eigenvalue weighted by Gasteiger charge is -2.22. The van der Waals surface area contributed by atoms with Crippen molar-refractivity contribution in [2.24, 2.45) is 5.92 Å². The van der Waals surface area contributed by atoms with Gasteiger partial charge in [0, 0.05) is 0 Å². The van der Waals surface area contributed by atoms with Gasteiger partial charge in [0.1, 0.15) is 5.75 Å². The molecular weight excluding hydrogens is 384 g/mol. The highest BCUT2D eigenvalue weighted by Crippen LogP contribution is 2.43. The van der Waals surface area contributed by atoms with Gasteiger partial charge in [-0.3, -0.25) is 0 Å². The van der Waals surface area contributed by atoms with Crippen LogP contribution in [0.5, 0.6) is 5.75 Å². The van der Waals surface area contributed by atoms with Crippen LogP contribution < -0.4 is 4.74 Å². The largest absolute Gasteiger partial charge is 0.478 e. The lowest BCUT2D eigenvalue weighted by Crippen LogP contribution is -2.37. The minimum atomic E-state index is -1.22. The maximum atomic E-state index is 11.3. The van der Waals surface area contributed by atoms with Gasteiger partial charge in [0.05, 0.1) is 0 Å². The van der Waals surface area contributed by atoms with Gasteiger partial charge in [-0.2, -0.15) is 0 Å². The molecule has 0 aliphatic heterocycles. The van der Waals surface area contributed by atoms with E-state index in [0.29, 0.717) is 17.6 Å². The number of rotatable bonds is 7. The Morgan fingerprint density at radius 3 is 2.48 bits per heavy atom. The summed E-state index contributed by atoms with van der Waals surface area (Å²) in [6.07, 6.45) is 4.92. The molecule has 4 rings (SSSR count). The first-order valence-electron chi connectivity index (χ1n) is 11.3. The minimum absolute atomic E-state index is 0.545. The number of aliphatic carboxylic acids is 1. The van der Waals surface area contributed by atoms with E-state index in [1.54, 1.807) is 13.8 Å². The van der Waals surface area contributed by atoms with Gasteiger partial charge in [-0.25, -0.2) is 4.79 Å². The molecule has 1 aliphatic carbocycles.